The zero-order chi connectivity index (χ0) is 15.7. The van der Waals surface area contributed by atoms with Gasteiger partial charge >= 0.3 is 0 Å². The molecule has 1 saturated heterocycles. The van der Waals surface area contributed by atoms with Crippen molar-refractivity contribution in [3.8, 4) is 0 Å². The Kier molecular flexibility index (Phi) is 3.81. The standard InChI is InChI=1S/C17H18N2O3/c1-18(22-2)17(21)13-10-16(20)19(11-13)15-9-5-7-12-6-3-4-8-14(12)15/h3-9,13H,10-11H2,1-2H3/t13-/m0/s1. The van der Waals surface area contributed by atoms with E-state index in [1.807, 2.05) is 42.5 Å². The van der Waals surface area contributed by atoms with Crippen LogP contribution in [0.2, 0.25) is 0 Å². The van der Waals surface area contributed by atoms with E-state index in [0.717, 1.165) is 16.5 Å². The maximum Gasteiger partial charge on any atom is 0.251 e. The third-order valence-corrected chi connectivity index (χ3v) is 4.12. The smallest absolute Gasteiger partial charge is 0.251 e. The topological polar surface area (TPSA) is 49.9 Å². The first-order valence-electron chi connectivity index (χ1n) is 7.21. The predicted octanol–water partition coefficient (Wildman–Crippen LogP) is 2.21. The zero-order valence-corrected chi connectivity index (χ0v) is 12.7. The molecule has 2 amide bonds. The van der Waals surface area contributed by atoms with Gasteiger partial charge in [-0.15, -0.1) is 0 Å². The van der Waals surface area contributed by atoms with Crippen LogP contribution in [0.1, 0.15) is 6.42 Å². The highest BCUT2D eigenvalue weighted by Crippen LogP contribution is 2.32. The lowest BCUT2D eigenvalue weighted by Crippen LogP contribution is -2.34. The van der Waals surface area contributed by atoms with Crippen molar-refractivity contribution in [3.05, 3.63) is 42.5 Å². The molecule has 1 aliphatic rings. The van der Waals surface area contributed by atoms with E-state index in [2.05, 4.69) is 0 Å². The monoisotopic (exact) mass is 298 g/mol. The van der Waals surface area contributed by atoms with E-state index in [1.54, 1.807) is 11.9 Å². The number of rotatable bonds is 3. The molecule has 1 atom stereocenters. The molecule has 0 aliphatic carbocycles. The Morgan fingerprint density at radius 1 is 1.23 bits per heavy atom. The fourth-order valence-electron chi connectivity index (χ4n) is 2.90. The molecule has 0 aromatic heterocycles. The summed E-state index contributed by atoms with van der Waals surface area (Å²) in [7, 11) is 3.00. The minimum atomic E-state index is -0.364. The summed E-state index contributed by atoms with van der Waals surface area (Å²) in [5, 5.41) is 3.29. The number of carbonyl (C=O) groups excluding carboxylic acids is 2. The van der Waals surface area contributed by atoms with E-state index in [-0.39, 0.29) is 24.2 Å². The number of nitrogens with zero attached hydrogens (tertiary/aromatic N) is 2. The van der Waals surface area contributed by atoms with Gasteiger partial charge < -0.3 is 4.90 Å². The van der Waals surface area contributed by atoms with Gasteiger partial charge in [-0.25, -0.2) is 5.06 Å². The fraction of sp³-hybridized carbons (Fsp3) is 0.294. The molecule has 22 heavy (non-hydrogen) atoms. The summed E-state index contributed by atoms with van der Waals surface area (Å²) in [5.41, 5.74) is 0.860. The molecule has 0 radical (unpaired) electrons. The highest BCUT2D eigenvalue weighted by Gasteiger charge is 2.37. The third-order valence-electron chi connectivity index (χ3n) is 4.12. The van der Waals surface area contributed by atoms with Crippen molar-refractivity contribution in [1.82, 2.24) is 5.06 Å². The van der Waals surface area contributed by atoms with Crippen LogP contribution in [0.5, 0.6) is 0 Å². The van der Waals surface area contributed by atoms with Gasteiger partial charge in [-0.05, 0) is 11.5 Å². The Hall–Kier alpha value is -2.40. The first kappa shape index (κ1) is 14.5. The van der Waals surface area contributed by atoms with Crippen LogP contribution in [-0.2, 0) is 14.4 Å². The molecular formula is C17H18N2O3. The number of hydrogen-bond acceptors (Lipinski definition) is 3. The van der Waals surface area contributed by atoms with Crippen molar-refractivity contribution in [3.63, 3.8) is 0 Å². The quantitative estimate of drug-likeness (QED) is 0.816. The molecule has 5 heteroatoms. The van der Waals surface area contributed by atoms with E-state index in [1.165, 1.54) is 12.2 Å². The van der Waals surface area contributed by atoms with Crippen LogP contribution in [0.15, 0.2) is 42.5 Å². The van der Waals surface area contributed by atoms with E-state index in [0.29, 0.717) is 6.54 Å². The Bertz CT molecular complexity index is 723. The van der Waals surface area contributed by atoms with Crippen molar-refractivity contribution in [2.24, 2.45) is 5.92 Å². The van der Waals surface area contributed by atoms with Crippen LogP contribution in [0, 0.1) is 5.92 Å². The minimum Gasteiger partial charge on any atom is -0.311 e. The summed E-state index contributed by atoms with van der Waals surface area (Å²) >= 11 is 0. The molecule has 3 rings (SSSR count). The van der Waals surface area contributed by atoms with Crippen molar-refractivity contribution in [1.29, 1.82) is 0 Å². The summed E-state index contributed by atoms with van der Waals surface area (Å²) in [6, 6.07) is 13.8. The second-order valence-corrected chi connectivity index (χ2v) is 5.42. The molecule has 2 aromatic carbocycles. The largest absolute Gasteiger partial charge is 0.311 e. The maximum absolute atomic E-state index is 12.4. The van der Waals surface area contributed by atoms with Crippen molar-refractivity contribution in [2.45, 2.75) is 6.42 Å². The SMILES string of the molecule is CON(C)C(=O)[C@H]1CC(=O)N(c2cccc3ccccc23)C1. The number of hydrogen-bond donors (Lipinski definition) is 0. The Morgan fingerprint density at radius 3 is 2.73 bits per heavy atom. The van der Waals surface area contributed by atoms with E-state index < -0.39 is 0 Å². The van der Waals surface area contributed by atoms with Crippen LogP contribution in [-0.4, -0.2) is 37.6 Å². The van der Waals surface area contributed by atoms with Gasteiger partial charge in [0.1, 0.15) is 0 Å². The van der Waals surface area contributed by atoms with Crippen molar-refractivity contribution < 1.29 is 14.4 Å². The highest BCUT2D eigenvalue weighted by atomic mass is 16.7. The van der Waals surface area contributed by atoms with Crippen LogP contribution in [0.4, 0.5) is 5.69 Å². The van der Waals surface area contributed by atoms with Gasteiger partial charge in [-0.1, -0.05) is 36.4 Å². The van der Waals surface area contributed by atoms with Crippen molar-refractivity contribution >= 4 is 28.3 Å². The lowest BCUT2D eigenvalue weighted by atomic mass is 10.1. The Labute approximate surface area is 129 Å². The van der Waals surface area contributed by atoms with Crippen LogP contribution in [0.25, 0.3) is 10.8 Å². The molecular weight excluding hydrogens is 280 g/mol. The Morgan fingerprint density at radius 2 is 1.95 bits per heavy atom. The van der Waals surface area contributed by atoms with Crippen molar-refractivity contribution in [2.75, 3.05) is 25.6 Å². The third kappa shape index (κ3) is 2.44. The van der Waals surface area contributed by atoms with Gasteiger partial charge in [0.15, 0.2) is 0 Å². The normalized spacial score (nSPS) is 18.0. The van der Waals surface area contributed by atoms with Gasteiger partial charge in [-0.3, -0.25) is 14.4 Å². The summed E-state index contributed by atoms with van der Waals surface area (Å²) in [6.07, 6.45) is 0.218. The molecule has 0 bridgehead atoms. The summed E-state index contributed by atoms with van der Waals surface area (Å²) in [6.45, 7) is 0.388. The highest BCUT2D eigenvalue weighted by molar-refractivity contribution is 6.06. The predicted molar refractivity (Wildman–Crippen MR) is 84.2 cm³/mol. The zero-order valence-electron chi connectivity index (χ0n) is 12.7. The average Bonchev–Trinajstić information content (AvgIpc) is 2.94. The van der Waals surface area contributed by atoms with Gasteiger partial charge in [0.2, 0.25) is 5.91 Å². The Balaban J connectivity index is 1.92. The number of hydroxylamine groups is 2. The molecule has 0 unspecified atom stereocenters. The number of fused-ring (bicyclic) bond motifs is 1. The van der Waals surface area contributed by atoms with Gasteiger partial charge in [0, 0.05) is 25.4 Å². The summed E-state index contributed by atoms with van der Waals surface area (Å²) in [4.78, 5) is 31.2. The molecule has 5 nitrogen and oxygen atoms in total. The summed E-state index contributed by atoms with van der Waals surface area (Å²) < 4.78 is 0. The number of anilines is 1. The van der Waals surface area contributed by atoms with Gasteiger partial charge in [-0.2, -0.15) is 0 Å². The van der Waals surface area contributed by atoms with Gasteiger partial charge in [0.05, 0.1) is 18.7 Å². The second kappa shape index (κ2) is 5.77. The molecule has 1 fully saturated rings. The number of carbonyl (C=O) groups is 2. The van der Waals surface area contributed by atoms with E-state index in [9.17, 15) is 9.59 Å². The average molecular weight is 298 g/mol. The molecule has 0 N–H and O–H groups in total. The molecule has 2 aromatic rings. The second-order valence-electron chi connectivity index (χ2n) is 5.42. The molecule has 0 spiro atoms. The first-order valence-corrected chi connectivity index (χ1v) is 7.21. The van der Waals surface area contributed by atoms with E-state index >= 15 is 0 Å². The maximum atomic E-state index is 12.4. The molecule has 1 aliphatic heterocycles. The number of benzene rings is 2. The molecule has 0 saturated carbocycles. The number of amides is 2. The van der Waals surface area contributed by atoms with Crippen LogP contribution in [0.3, 0.4) is 0 Å². The fourth-order valence-corrected chi connectivity index (χ4v) is 2.90. The van der Waals surface area contributed by atoms with Crippen LogP contribution < -0.4 is 4.90 Å². The van der Waals surface area contributed by atoms with E-state index in [4.69, 9.17) is 4.84 Å². The molecule has 114 valence electrons. The first-order chi connectivity index (χ1) is 10.6. The molecule has 1 heterocycles. The lowest BCUT2D eigenvalue weighted by Gasteiger charge is -2.20. The van der Waals surface area contributed by atoms with Crippen LogP contribution >= 0.6 is 0 Å². The van der Waals surface area contributed by atoms with Gasteiger partial charge in [0.25, 0.3) is 5.91 Å². The minimum absolute atomic E-state index is 0.0285. The lowest BCUT2D eigenvalue weighted by molar-refractivity contribution is -0.172. The summed E-state index contributed by atoms with van der Waals surface area (Å²) in [5.74, 6) is -0.561.